The highest BCUT2D eigenvalue weighted by Crippen LogP contribution is 2.28. The van der Waals surface area contributed by atoms with Crippen molar-refractivity contribution in [3.8, 4) is 0 Å². The van der Waals surface area contributed by atoms with E-state index in [1.54, 1.807) is 18.5 Å². The Morgan fingerprint density at radius 2 is 2.32 bits per heavy atom. The number of rotatable bonds is 4. The molecular weight excluding hydrogens is 304 g/mol. The molecule has 0 N–H and O–H groups in total. The minimum absolute atomic E-state index is 0.0480. The van der Waals surface area contributed by atoms with E-state index in [2.05, 4.69) is 4.90 Å². The Kier molecular flexibility index (Phi) is 4.89. The standard InChI is InChI=1S/C12H19ClN2O2S2/c1-14-6-3-4-10(9-14)15(2)19(16,17)12-5-7-18-11(12)8-13/h5,7,10H,3-4,6,8-9H2,1-2H3. The summed E-state index contributed by atoms with van der Waals surface area (Å²) < 4.78 is 26.8. The van der Waals surface area contributed by atoms with E-state index in [0.717, 1.165) is 30.8 Å². The van der Waals surface area contributed by atoms with Gasteiger partial charge in [0.25, 0.3) is 0 Å². The van der Waals surface area contributed by atoms with Gasteiger partial charge in [-0.25, -0.2) is 8.42 Å². The number of alkyl halides is 1. The third kappa shape index (κ3) is 3.13. The summed E-state index contributed by atoms with van der Waals surface area (Å²) in [5.41, 5.74) is 0. The summed E-state index contributed by atoms with van der Waals surface area (Å²) in [5.74, 6) is 0.241. The van der Waals surface area contributed by atoms with Gasteiger partial charge in [0, 0.05) is 24.5 Å². The van der Waals surface area contributed by atoms with Crippen molar-refractivity contribution in [1.29, 1.82) is 0 Å². The maximum Gasteiger partial charge on any atom is 0.244 e. The van der Waals surface area contributed by atoms with Crippen LogP contribution < -0.4 is 0 Å². The average molecular weight is 323 g/mol. The van der Waals surface area contributed by atoms with Crippen LogP contribution in [-0.4, -0.2) is 50.8 Å². The summed E-state index contributed by atoms with van der Waals surface area (Å²) in [4.78, 5) is 3.26. The van der Waals surface area contributed by atoms with Crippen molar-refractivity contribution < 1.29 is 8.42 Å². The van der Waals surface area contributed by atoms with Crippen LogP contribution in [0.3, 0.4) is 0 Å². The Labute approximate surface area is 124 Å². The lowest BCUT2D eigenvalue weighted by Crippen LogP contribution is -2.47. The smallest absolute Gasteiger partial charge is 0.244 e. The fourth-order valence-corrected chi connectivity index (χ4v) is 5.49. The summed E-state index contributed by atoms with van der Waals surface area (Å²) in [6.07, 6.45) is 1.95. The van der Waals surface area contributed by atoms with Crippen LogP contribution >= 0.6 is 22.9 Å². The van der Waals surface area contributed by atoms with Crippen LogP contribution in [0, 0.1) is 0 Å². The fourth-order valence-electron chi connectivity index (χ4n) is 2.44. The largest absolute Gasteiger partial charge is 0.305 e. The first-order valence-corrected chi connectivity index (χ1v) is 9.11. The number of likely N-dealkylation sites (N-methyl/N-ethyl adjacent to an activating group) is 2. The highest BCUT2D eigenvalue weighted by molar-refractivity contribution is 7.89. The lowest BCUT2D eigenvalue weighted by molar-refractivity contribution is 0.187. The van der Waals surface area contributed by atoms with Crippen LogP contribution in [0.5, 0.6) is 0 Å². The molecule has 0 amide bonds. The SMILES string of the molecule is CN1CCCC(N(C)S(=O)(=O)c2ccsc2CCl)C1. The van der Waals surface area contributed by atoms with E-state index in [-0.39, 0.29) is 11.9 Å². The van der Waals surface area contributed by atoms with Gasteiger partial charge in [0.2, 0.25) is 10.0 Å². The molecule has 7 heteroatoms. The van der Waals surface area contributed by atoms with Crippen LogP contribution in [0.25, 0.3) is 0 Å². The molecule has 0 bridgehead atoms. The molecule has 0 saturated carbocycles. The quantitative estimate of drug-likeness (QED) is 0.798. The van der Waals surface area contributed by atoms with Crippen molar-refractivity contribution in [3.63, 3.8) is 0 Å². The van der Waals surface area contributed by atoms with Gasteiger partial charge in [-0.2, -0.15) is 4.31 Å². The first kappa shape index (κ1) is 15.3. The summed E-state index contributed by atoms with van der Waals surface area (Å²) in [7, 11) is 0.276. The molecule has 1 unspecified atom stereocenters. The number of nitrogens with zero attached hydrogens (tertiary/aromatic N) is 2. The zero-order valence-electron chi connectivity index (χ0n) is 11.2. The van der Waals surface area contributed by atoms with E-state index < -0.39 is 10.0 Å². The predicted octanol–water partition coefficient (Wildman–Crippen LogP) is 2.20. The van der Waals surface area contributed by atoms with Crippen LogP contribution in [-0.2, 0) is 15.9 Å². The van der Waals surface area contributed by atoms with Crippen LogP contribution in [0.2, 0.25) is 0 Å². The van der Waals surface area contributed by atoms with E-state index in [4.69, 9.17) is 11.6 Å². The number of piperidine rings is 1. The zero-order chi connectivity index (χ0) is 14.0. The lowest BCUT2D eigenvalue weighted by Gasteiger charge is -2.35. The molecule has 19 heavy (non-hydrogen) atoms. The molecular formula is C12H19ClN2O2S2. The second kappa shape index (κ2) is 6.10. The lowest BCUT2D eigenvalue weighted by atomic mass is 10.1. The fraction of sp³-hybridized carbons (Fsp3) is 0.667. The number of sulfonamides is 1. The Bertz CT molecular complexity index is 530. The van der Waals surface area contributed by atoms with Crippen LogP contribution in [0.1, 0.15) is 17.7 Å². The van der Waals surface area contributed by atoms with Gasteiger partial charge in [0.1, 0.15) is 0 Å². The van der Waals surface area contributed by atoms with Gasteiger partial charge in [-0.15, -0.1) is 22.9 Å². The third-order valence-corrected chi connectivity index (χ3v) is 7.07. The van der Waals surface area contributed by atoms with Gasteiger partial charge in [0.15, 0.2) is 0 Å². The van der Waals surface area contributed by atoms with E-state index in [1.165, 1.54) is 15.6 Å². The summed E-state index contributed by atoms with van der Waals surface area (Å²) >= 11 is 7.21. The molecule has 0 aliphatic carbocycles. The molecule has 1 saturated heterocycles. The van der Waals surface area contributed by atoms with Gasteiger partial charge < -0.3 is 4.90 Å². The van der Waals surface area contributed by atoms with E-state index in [0.29, 0.717) is 4.90 Å². The van der Waals surface area contributed by atoms with Crippen molar-refractivity contribution >= 4 is 33.0 Å². The first-order chi connectivity index (χ1) is 8.96. The molecule has 2 heterocycles. The number of hydrogen-bond donors (Lipinski definition) is 0. The molecule has 2 rings (SSSR count). The van der Waals surface area contributed by atoms with E-state index in [1.807, 2.05) is 7.05 Å². The molecule has 1 aliphatic rings. The van der Waals surface area contributed by atoms with Crippen molar-refractivity contribution in [2.45, 2.75) is 29.7 Å². The Morgan fingerprint density at radius 3 is 2.95 bits per heavy atom. The molecule has 108 valence electrons. The van der Waals surface area contributed by atoms with Gasteiger partial charge in [0.05, 0.1) is 10.8 Å². The van der Waals surface area contributed by atoms with Crippen molar-refractivity contribution in [2.24, 2.45) is 0 Å². The molecule has 1 fully saturated rings. The Hall–Kier alpha value is -0.140. The van der Waals surface area contributed by atoms with Gasteiger partial charge in [-0.1, -0.05) is 0 Å². The Balaban J connectivity index is 2.24. The average Bonchev–Trinajstić information content (AvgIpc) is 2.86. The monoisotopic (exact) mass is 322 g/mol. The molecule has 1 aliphatic heterocycles. The second-order valence-corrected chi connectivity index (χ2v) is 8.16. The Morgan fingerprint density at radius 1 is 1.58 bits per heavy atom. The summed E-state index contributed by atoms with van der Waals surface area (Å²) in [6.45, 7) is 1.83. The van der Waals surface area contributed by atoms with Crippen molar-refractivity contribution in [2.75, 3.05) is 27.2 Å². The van der Waals surface area contributed by atoms with Gasteiger partial charge >= 0.3 is 0 Å². The number of hydrogen-bond acceptors (Lipinski definition) is 4. The maximum atomic E-state index is 12.6. The molecule has 1 aromatic rings. The molecule has 0 radical (unpaired) electrons. The molecule has 1 atom stereocenters. The van der Waals surface area contributed by atoms with Gasteiger partial charge in [-0.3, -0.25) is 0 Å². The molecule has 0 spiro atoms. The zero-order valence-corrected chi connectivity index (χ0v) is 13.6. The minimum atomic E-state index is -3.43. The molecule has 0 aromatic carbocycles. The molecule has 1 aromatic heterocycles. The van der Waals surface area contributed by atoms with Crippen molar-refractivity contribution in [1.82, 2.24) is 9.21 Å². The minimum Gasteiger partial charge on any atom is -0.305 e. The van der Waals surface area contributed by atoms with Crippen molar-refractivity contribution in [3.05, 3.63) is 16.3 Å². The summed E-state index contributed by atoms with van der Waals surface area (Å²) in [6, 6.07) is 1.70. The van der Waals surface area contributed by atoms with E-state index >= 15 is 0 Å². The number of halogens is 1. The number of likely N-dealkylation sites (tertiary alicyclic amines) is 1. The highest BCUT2D eigenvalue weighted by Gasteiger charge is 2.32. The second-order valence-electron chi connectivity index (χ2n) is 4.92. The van der Waals surface area contributed by atoms with Crippen LogP contribution in [0.4, 0.5) is 0 Å². The van der Waals surface area contributed by atoms with Gasteiger partial charge in [-0.05, 0) is 37.9 Å². The summed E-state index contributed by atoms with van der Waals surface area (Å²) in [5, 5.41) is 1.78. The first-order valence-electron chi connectivity index (χ1n) is 6.25. The predicted molar refractivity (Wildman–Crippen MR) is 79.3 cm³/mol. The van der Waals surface area contributed by atoms with Crippen LogP contribution in [0.15, 0.2) is 16.3 Å². The topological polar surface area (TPSA) is 40.6 Å². The maximum absolute atomic E-state index is 12.6. The third-order valence-electron chi connectivity index (χ3n) is 3.60. The highest BCUT2D eigenvalue weighted by atomic mass is 35.5. The normalized spacial score (nSPS) is 22.0. The molecule has 4 nitrogen and oxygen atoms in total. The number of thiophene rings is 1. The van der Waals surface area contributed by atoms with E-state index in [9.17, 15) is 8.42 Å².